The molecule has 1 N–H and O–H groups in total. The molecule has 3 rings (SSSR count). The molecule has 2 heterocycles. The van der Waals surface area contributed by atoms with Gasteiger partial charge in [-0.3, -0.25) is 9.40 Å². The smallest absolute Gasteiger partial charge is 0.265 e. The van der Waals surface area contributed by atoms with Gasteiger partial charge in [0.15, 0.2) is 0 Å². The maximum absolute atomic E-state index is 12.7. The van der Waals surface area contributed by atoms with Crippen molar-refractivity contribution >= 4 is 26.6 Å². The van der Waals surface area contributed by atoms with Crippen molar-refractivity contribution in [2.75, 3.05) is 4.72 Å². The van der Waals surface area contributed by atoms with Crippen LogP contribution in [0.15, 0.2) is 35.4 Å². The number of nitrogens with one attached hydrogen (secondary N) is 1. The molecule has 128 valence electrons. The SMILES string of the molecule is CCCn1ccc2cc(NS(=O)(=O)c3c(C)nn(C)c3C)ccc21. The molecular weight excluding hydrogens is 324 g/mol. The lowest BCUT2D eigenvalue weighted by atomic mass is 10.2. The molecule has 0 atom stereocenters. The summed E-state index contributed by atoms with van der Waals surface area (Å²) in [6, 6.07) is 7.61. The summed E-state index contributed by atoms with van der Waals surface area (Å²) in [5.74, 6) is 0. The van der Waals surface area contributed by atoms with Crippen molar-refractivity contribution in [3.63, 3.8) is 0 Å². The number of aromatic nitrogens is 3. The van der Waals surface area contributed by atoms with Gasteiger partial charge in [-0.2, -0.15) is 5.10 Å². The van der Waals surface area contributed by atoms with Gasteiger partial charge in [-0.15, -0.1) is 0 Å². The first kappa shape index (κ1) is 16.6. The predicted octanol–water partition coefficient (Wildman–Crippen LogP) is 3.20. The summed E-state index contributed by atoms with van der Waals surface area (Å²) in [6.07, 6.45) is 3.08. The van der Waals surface area contributed by atoms with E-state index in [4.69, 9.17) is 0 Å². The van der Waals surface area contributed by atoms with Crippen LogP contribution < -0.4 is 4.72 Å². The van der Waals surface area contributed by atoms with E-state index in [9.17, 15) is 8.42 Å². The number of nitrogens with zero attached hydrogens (tertiary/aromatic N) is 3. The van der Waals surface area contributed by atoms with E-state index in [0.717, 1.165) is 23.9 Å². The zero-order chi connectivity index (χ0) is 17.5. The Balaban J connectivity index is 1.97. The third-order valence-electron chi connectivity index (χ3n) is 4.20. The lowest BCUT2D eigenvalue weighted by molar-refractivity contribution is 0.599. The van der Waals surface area contributed by atoms with Crippen LogP contribution in [0.3, 0.4) is 0 Å². The van der Waals surface area contributed by atoms with Gasteiger partial charge in [0.25, 0.3) is 10.0 Å². The summed E-state index contributed by atoms with van der Waals surface area (Å²) in [6.45, 7) is 6.54. The Morgan fingerprint density at radius 2 is 1.96 bits per heavy atom. The van der Waals surface area contributed by atoms with Gasteiger partial charge in [0, 0.05) is 36.4 Å². The number of aryl methyl sites for hydroxylation is 3. The van der Waals surface area contributed by atoms with Crippen molar-refractivity contribution in [1.29, 1.82) is 0 Å². The lowest BCUT2D eigenvalue weighted by Gasteiger charge is -2.09. The second kappa shape index (κ2) is 5.98. The molecule has 0 unspecified atom stereocenters. The molecule has 0 spiro atoms. The molecule has 0 aliphatic carbocycles. The second-order valence-electron chi connectivity index (χ2n) is 6.01. The van der Waals surface area contributed by atoms with Gasteiger partial charge in [-0.1, -0.05) is 6.92 Å². The summed E-state index contributed by atoms with van der Waals surface area (Å²) in [5.41, 5.74) is 2.78. The van der Waals surface area contributed by atoms with Gasteiger partial charge in [0.05, 0.1) is 11.4 Å². The molecule has 3 aromatic rings. The Labute approximate surface area is 142 Å². The van der Waals surface area contributed by atoms with Crippen molar-refractivity contribution in [3.8, 4) is 0 Å². The van der Waals surface area contributed by atoms with Gasteiger partial charge in [0.1, 0.15) is 4.90 Å². The monoisotopic (exact) mass is 346 g/mol. The summed E-state index contributed by atoms with van der Waals surface area (Å²) in [7, 11) is -1.93. The van der Waals surface area contributed by atoms with Gasteiger partial charge in [-0.05, 0) is 44.5 Å². The topological polar surface area (TPSA) is 68.9 Å². The second-order valence-corrected chi connectivity index (χ2v) is 7.63. The van der Waals surface area contributed by atoms with Crippen LogP contribution in [0.1, 0.15) is 24.7 Å². The van der Waals surface area contributed by atoms with Crippen LogP contribution in [0.5, 0.6) is 0 Å². The van der Waals surface area contributed by atoms with Crippen molar-refractivity contribution < 1.29 is 8.42 Å². The number of fused-ring (bicyclic) bond motifs is 1. The molecule has 0 fully saturated rings. The Morgan fingerprint density at radius 3 is 2.58 bits per heavy atom. The molecule has 2 aromatic heterocycles. The number of sulfonamides is 1. The molecule has 24 heavy (non-hydrogen) atoms. The van der Waals surface area contributed by atoms with Gasteiger partial charge >= 0.3 is 0 Å². The highest BCUT2D eigenvalue weighted by Crippen LogP contribution is 2.25. The molecule has 0 saturated carbocycles. The first-order valence-corrected chi connectivity index (χ1v) is 9.43. The van der Waals surface area contributed by atoms with Crippen LogP contribution in [0, 0.1) is 13.8 Å². The Bertz CT molecular complexity index is 999. The Hall–Kier alpha value is -2.28. The molecule has 0 bridgehead atoms. The molecule has 0 saturated heterocycles. The van der Waals surface area contributed by atoms with Crippen LogP contribution in [-0.4, -0.2) is 22.8 Å². The fraction of sp³-hybridized carbons (Fsp3) is 0.353. The van der Waals surface area contributed by atoms with E-state index >= 15 is 0 Å². The number of anilines is 1. The third kappa shape index (κ3) is 2.80. The summed E-state index contributed by atoms with van der Waals surface area (Å²) < 4.78 is 31.9. The van der Waals surface area contributed by atoms with Crippen LogP contribution in [0.25, 0.3) is 10.9 Å². The fourth-order valence-corrected chi connectivity index (χ4v) is 4.54. The minimum absolute atomic E-state index is 0.244. The highest BCUT2D eigenvalue weighted by atomic mass is 32.2. The van der Waals surface area contributed by atoms with Crippen LogP contribution >= 0.6 is 0 Å². The normalized spacial score (nSPS) is 12.0. The standard InChI is InChI=1S/C17H22N4O2S/c1-5-9-21-10-8-14-11-15(6-7-16(14)21)19-24(22,23)17-12(2)18-20(4)13(17)3/h6-8,10-11,19H,5,9H2,1-4H3. The zero-order valence-corrected chi connectivity index (χ0v) is 15.2. The van der Waals surface area contributed by atoms with Crippen LogP contribution in [0.4, 0.5) is 5.69 Å². The Kier molecular flexibility index (Phi) is 4.13. The van der Waals surface area contributed by atoms with E-state index in [-0.39, 0.29) is 4.90 Å². The summed E-state index contributed by atoms with van der Waals surface area (Å²) in [4.78, 5) is 0.244. The largest absolute Gasteiger partial charge is 0.347 e. The molecule has 0 amide bonds. The average Bonchev–Trinajstić information content (AvgIpc) is 3.00. The van der Waals surface area contributed by atoms with E-state index in [1.54, 1.807) is 31.6 Å². The lowest BCUT2D eigenvalue weighted by Crippen LogP contribution is -2.14. The minimum atomic E-state index is -3.67. The minimum Gasteiger partial charge on any atom is -0.347 e. The van der Waals surface area contributed by atoms with Gasteiger partial charge in [-0.25, -0.2) is 8.42 Å². The Morgan fingerprint density at radius 1 is 1.21 bits per heavy atom. The zero-order valence-electron chi connectivity index (χ0n) is 14.4. The number of rotatable bonds is 5. The van der Waals surface area contributed by atoms with Crippen molar-refractivity contribution in [1.82, 2.24) is 14.3 Å². The van der Waals surface area contributed by atoms with Crippen LogP contribution in [-0.2, 0) is 23.6 Å². The number of hydrogen-bond donors (Lipinski definition) is 1. The van der Waals surface area contributed by atoms with Crippen molar-refractivity contribution in [2.45, 2.75) is 38.6 Å². The van der Waals surface area contributed by atoms with Crippen LogP contribution in [0.2, 0.25) is 0 Å². The maximum atomic E-state index is 12.7. The fourth-order valence-electron chi connectivity index (χ4n) is 3.05. The molecule has 1 aromatic carbocycles. The number of benzene rings is 1. The molecule has 0 aliphatic heterocycles. The highest BCUT2D eigenvalue weighted by molar-refractivity contribution is 7.92. The third-order valence-corrected chi connectivity index (χ3v) is 5.83. The van der Waals surface area contributed by atoms with E-state index in [2.05, 4.69) is 21.3 Å². The van der Waals surface area contributed by atoms with E-state index in [1.807, 2.05) is 24.4 Å². The molecule has 0 radical (unpaired) electrons. The summed E-state index contributed by atoms with van der Waals surface area (Å²) in [5, 5.41) is 5.20. The predicted molar refractivity (Wildman–Crippen MR) is 95.7 cm³/mol. The molecule has 6 nitrogen and oxygen atoms in total. The summed E-state index contributed by atoms with van der Waals surface area (Å²) >= 11 is 0. The van der Waals surface area contributed by atoms with E-state index in [1.165, 1.54) is 0 Å². The molecule has 0 aliphatic rings. The van der Waals surface area contributed by atoms with Gasteiger partial charge in [0.2, 0.25) is 0 Å². The van der Waals surface area contributed by atoms with Crippen molar-refractivity contribution in [3.05, 3.63) is 41.9 Å². The average molecular weight is 346 g/mol. The van der Waals surface area contributed by atoms with Crippen molar-refractivity contribution in [2.24, 2.45) is 7.05 Å². The first-order chi connectivity index (χ1) is 11.3. The molecule has 7 heteroatoms. The van der Waals surface area contributed by atoms with E-state index in [0.29, 0.717) is 17.1 Å². The maximum Gasteiger partial charge on any atom is 0.265 e. The molecular formula is C17H22N4O2S. The van der Waals surface area contributed by atoms with E-state index < -0.39 is 10.0 Å². The highest BCUT2D eigenvalue weighted by Gasteiger charge is 2.23. The quantitative estimate of drug-likeness (QED) is 0.771. The first-order valence-electron chi connectivity index (χ1n) is 7.95. The van der Waals surface area contributed by atoms with Gasteiger partial charge < -0.3 is 4.57 Å². The number of hydrogen-bond acceptors (Lipinski definition) is 3.